The van der Waals surface area contributed by atoms with Gasteiger partial charge in [0, 0.05) is 30.3 Å². The number of hydrogen-bond donors (Lipinski definition) is 2. The zero-order chi connectivity index (χ0) is 13.9. The molecule has 0 bridgehead atoms. The Balaban J connectivity index is 1.98. The molecule has 0 radical (unpaired) electrons. The second-order valence-electron chi connectivity index (χ2n) is 6.67. The lowest BCUT2D eigenvalue weighted by Gasteiger charge is -2.45. The van der Waals surface area contributed by atoms with Crippen LogP contribution in [0.15, 0.2) is 0 Å². The van der Waals surface area contributed by atoms with Gasteiger partial charge in [-0.25, -0.2) is 0 Å². The van der Waals surface area contributed by atoms with Crippen LogP contribution in [0.25, 0.3) is 0 Å². The highest BCUT2D eigenvalue weighted by Crippen LogP contribution is 2.32. The lowest BCUT2D eigenvalue weighted by atomic mass is 9.78. The van der Waals surface area contributed by atoms with Crippen LogP contribution in [-0.2, 0) is 4.74 Å². The van der Waals surface area contributed by atoms with Crippen molar-refractivity contribution in [2.24, 2.45) is 0 Å². The van der Waals surface area contributed by atoms with Crippen molar-refractivity contribution >= 4 is 0 Å². The minimum absolute atomic E-state index is 0.0786. The van der Waals surface area contributed by atoms with Crippen molar-refractivity contribution in [1.82, 2.24) is 10.2 Å². The van der Waals surface area contributed by atoms with Gasteiger partial charge in [0.15, 0.2) is 0 Å². The Morgan fingerprint density at radius 1 is 1.37 bits per heavy atom. The maximum absolute atomic E-state index is 9.85. The first-order chi connectivity index (χ1) is 9.06. The Bertz CT molecular complexity index is 279. The largest absolute Gasteiger partial charge is 0.394 e. The molecule has 0 aromatic carbocycles. The number of nitrogens with one attached hydrogen (secondary N) is 1. The molecule has 4 heteroatoms. The van der Waals surface area contributed by atoms with Crippen LogP contribution in [0.4, 0.5) is 0 Å². The third kappa shape index (κ3) is 3.69. The summed E-state index contributed by atoms with van der Waals surface area (Å²) in [4.78, 5) is 2.50. The number of nitrogens with zero attached hydrogens (tertiary/aromatic N) is 1. The van der Waals surface area contributed by atoms with Crippen LogP contribution in [0.1, 0.15) is 46.0 Å². The smallest absolute Gasteiger partial charge is 0.0622 e. The van der Waals surface area contributed by atoms with Crippen LogP contribution in [0.5, 0.6) is 0 Å². The Hall–Kier alpha value is -0.160. The minimum Gasteiger partial charge on any atom is -0.394 e. The van der Waals surface area contributed by atoms with Gasteiger partial charge in [-0.05, 0) is 39.2 Å². The van der Waals surface area contributed by atoms with Gasteiger partial charge >= 0.3 is 0 Å². The lowest BCUT2D eigenvalue weighted by molar-refractivity contribution is 0.0445. The number of likely N-dealkylation sites (N-methyl/N-ethyl adjacent to an activating group) is 1. The van der Waals surface area contributed by atoms with E-state index in [0.717, 1.165) is 32.5 Å². The monoisotopic (exact) mass is 270 g/mol. The predicted molar refractivity (Wildman–Crippen MR) is 77.3 cm³/mol. The van der Waals surface area contributed by atoms with E-state index >= 15 is 0 Å². The van der Waals surface area contributed by atoms with Gasteiger partial charge in [0.25, 0.3) is 0 Å². The average Bonchev–Trinajstić information content (AvgIpc) is 2.91. The first kappa shape index (κ1) is 15.2. The van der Waals surface area contributed by atoms with E-state index in [1.54, 1.807) is 0 Å². The predicted octanol–water partition coefficient (Wildman–Crippen LogP) is 1.38. The fourth-order valence-electron chi connectivity index (χ4n) is 3.75. The van der Waals surface area contributed by atoms with Gasteiger partial charge in [-0.2, -0.15) is 0 Å². The second kappa shape index (κ2) is 6.53. The van der Waals surface area contributed by atoms with Gasteiger partial charge in [0.1, 0.15) is 0 Å². The summed E-state index contributed by atoms with van der Waals surface area (Å²) in [5.74, 6) is 0. The fraction of sp³-hybridized carbons (Fsp3) is 1.00. The van der Waals surface area contributed by atoms with Crippen LogP contribution < -0.4 is 5.32 Å². The first-order valence-electron chi connectivity index (χ1n) is 7.74. The Morgan fingerprint density at radius 3 is 2.74 bits per heavy atom. The second-order valence-corrected chi connectivity index (χ2v) is 6.67. The van der Waals surface area contributed by atoms with Crippen LogP contribution in [-0.4, -0.2) is 60.5 Å². The van der Waals surface area contributed by atoms with Crippen molar-refractivity contribution in [2.75, 3.05) is 26.9 Å². The summed E-state index contributed by atoms with van der Waals surface area (Å²) < 4.78 is 5.51. The van der Waals surface area contributed by atoms with E-state index in [0.29, 0.717) is 18.1 Å². The summed E-state index contributed by atoms with van der Waals surface area (Å²) >= 11 is 0. The van der Waals surface area contributed by atoms with Gasteiger partial charge in [0.2, 0.25) is 0 Å². The van der Waals surface area contributed by atoms with E-state index < -0.39 is 0 Å². The molecule has 1 aliphatic heterocycles. The van der Waals surface area contributed by atoms with E-state index in [4.69, 9.17) is 4.74 Å². The molecular weight excluding hydrogens is 240 g/mol. The molecule has 4 nitrogen and oxygen atoms in total. The van der Waals surface area contributed by atoms with Gasteiger partial charge in [-0.15, -0.1) is 0 Å². The average molecular weight is 270 g/mol. The fourth-order valence-corrected chi connectivity index (χ4v) is 3.75. The number of aliphatic hydroxyl groups excluding tert-OH is 1. The zero-order valence-electron chi connectivity index (χ0n) is 12.7. The van der Waals surface area contributed by atoms with Gasteiger partial charge in [-0.3, -0.25) is 4.90 Å². The van der Waals surface area contributed by atoms with Gasteiger partial charge in [-0.1, -0.05) is 13.8 Å². The van der Waals surface area contributed by atoms with Crippen molar-refractivity contribution < 1.29 is 9.84 Å². The summed E-state index contributed by atoms with van der Waals surface area (Å²) in [7, 11) is 2.23. The Kier molecular flexibility index (Phi) is 5.23. The van der Waals surface area contributed by atoms with Crippen molar-refractivity contribution in [3.05, 3.63) is 0 Å². The molecule has 1 aliphatic carbocycles. The van der Waals surface area contributed by atoms with Crippen molar-refractivity contribution in [3.8, 4) is 0 Å². The number of rotatable bonds is 5. The molecule has 1 saturated carbocycles. The van der Waals surface area contributed by atoms with Crippen LogP contribution in [0, 0.1) is 0 Å². The molecule has 1 saturated heterocycles. The number of hydrogen-bond acceptors (Lipinski definition) is 4. The molecule has 0 aromatic rings. The van der Waals surface area contributed by atoms with Crippen LogP contribution in [0.3, 0.4) is 0 Å². The van der Waals surface area contributed by atoms with Crippen molar-refractivity contribution in [3.63, 3.8) is 0 Å². The molecule has 3 atom stereocenters. The van der Waals surface area contributed by atoms with Gasteiger partial charge in [0.05, 0.1) is 13.2 Å². The van der Waals surface area contributed by atoms with E-state index in [2.05, 4.69) is 31.1 Å². The van der Waals surface area contributed by atoms with Crippen molar-refractivity contribution in [1.29, 1.82) is 0 Å². The highest BCUT2D eigenvalue weighted by atomic mass is 16.5. The summed E-state index contributed by atoms with van der Waals surface area (Å²) in [6, 6.07) is 1.56. The van der Waals surface area contributed by atoms with Gasteiger partial charge < -0.3 is 15.2 Å². The molecule has 2 N–H and O–H groups in total. The third-order valence-corrected chi connectivity index (χ3v) is 4.77. The van der Waals surface area contributed by atoms with Crippen LogP contribution in [0.2, 0.25) is 0 Å². The van der Waals surface area contributed by atoms with E-state index in [9.17, 15) is 5.11 Å². The topological polar surface area (TPSA) is 44.7 Å². The summed E-state index contributed by atoms with van der Waals surface area (Å²) in [6.07, 6.45) is 5.73. The molecule has 3 unspecified atom stereocenters. The number of aliphatic hydroxyl groups is 1. The quantitative estimate of drug-likeness (QED) is 0.792. The highest BCUT2D eigenvalue weighted by Gasteiger charge is 2.39. The third-order valence-electron chi connectivity index (χ3n) is 4.77. The molecule has 0 aromatic heterocycles. The van der Waals surface area contributed by atoms with Crippen molar-refractivity contribution in [2.45, 2.75) is 69.6 Å². The maximum atomic E-state index is 9.85. The molecule has 2 fully saturated rings. The standard InChI is InChI=1S/C15H30N2O2/c1-12(2)16-15(11-18)7-4-5-13(9-15)17(3)14-6-8-19-10-14/h12-14,16,18H,4-11H2,1-3H3. The molecular formula is C15H30N2O2. The normalized spacial score (nSPS) is 36.3. The molecule has 2 aliphatic rings. The highest BCUT2D eigenvalue weighted by molar-refractivity contribution is 4.98. The number of ether oxygens (including phenoxy) is 1. The SMILES string of the molecule is CC(C)NC1(CO)CCCC(N(C)C2CCOC2)C1. The lowest BCUT2D eigenvalue weighted by Crippen LogP contribution is -2.58. The summed E-state index contributed by atoms with van der Waals surface area (Å²) in [5, 5.41) is 13.5. The molecule has 19 heavy (non-hydrogen) atoms. The first-order valence-corrected chi connectivity index (χ1v) is 7.74. The zero-order valence-corrected chi connectivity index (χ0v) is 12.7. The Morgan fingerprint density at radius 2 is 2.16 bits per heavy atom. The van der Waals surface area contributed by atoms with E-state index in [-0.39, 0.29) is 12.1 Å². The van der Waals surface area contributed by atoms with Crippen LogP contribution >= 0.6 is 0 Å². The maximum Gasteiger partial charge on any atom is 0.0622 e. The molecule has 112 valence electrons. The molecule has 0 spiro atoms. The molecule has 1 heterocycles. The summed E-state index contributed by atoms with van der Waals surface area (Å²) in [5.41, 5.74) is -0.0786. The van der Waals surface area contributed by atoms with E-state index in [1.165, 1.54) is 12.8 Å². The van der Waals surface area contributed by atoms with E-state index in [1.807, 2.05) is 0 Å². The summed E-state index contributed by atoms with van der Waals surface area (Å²) in [6.45, 7) is 6.34. The Labute approximate surface area is 117 Å². The molecule has 2 rings (SSSR count). The molecule has 0 amide bonds. The minimum atomic E-state index is -0.0786.